The highest BCUT2D eigenvalue weighted by Crippen LogP contribution is 2.34. The van der Waals surface area contributed by atoms with Crippen LogP contribution in [0.5, 0.6) is 0 Å². The summed E-state index contributed by atoms with van der Waals surface area (Å²) in [5, 5.41) is 3.32. The van der Waals surface area contributed by atoms with Crippen molar-refractivity contribution < 1.29 is 9.47 Å². The van der Waals surface area contributed by atoms with E-state index in [-0.39, 0.29) is 12.4 Å². The summed E-state index contributed by atoms with van der Waals surface area (Å²) in [6.07, 6.45) is 0.937. The first-order chi connectivity index (χ1) is 13.1. The van der Waals surface area contributed by atoms with Crippen LogP contribution in [0.3, 0.4) is 0 Å². The Kier molecular flexibility index (Phi) is 9.02. The predicted octanol–water partition coefficient (Wildman–Crippen LogP) is 4.61. The van der Waals surface area contributed by atoms with E-state index in [1.54, 1.807) is 18.9 Å². The molecule has 3 rings (SSSR count). The van der Waals surface area contributed by atoms with E-state index < -0.39 is 0 Å². The van der Waals surface area contributed by atoms with Crippen molar-refractivity contribution in [3.63, 3.8) is 0 Å². The van der Waals surface area contributed by atoms with Gasteiger partial charge in [-0.3, -0.25) is 4.99 Å². The fraction of sp³-hybridized carbons (Fsp3) is 0.524. The van der Waals surface area contributed by atoms with Gasteiger partial charge in [-0.05, 0) is 56.1 Å². The molecule has 0 N–H and O–H groups in total. The Labute approximate surface area is 178 Å². The molecule has 0 saturated carbocycles. The van der Waals surface area contributed by atoms with Gasteiger partial charge in [-0.15, -0.1) is 12.4 Å². The lowest BCUT2D eigenvalue weighted by Gasteiger charge is -2.30. The number of ether oxygens (including phenoxy) is 2. The van der Waals surface area contributed by atoms with Crippen LogP contribution in [0.25, 0.3) is 10.9 Å². The van der Waals surface area contributed by atoms with Crippen LogP contribution >= 0.6 is 24.2 Å². The SMILES string of the molecule is CCOCCCN=C1Sc2nc3c(C)c(C)ccc3cc2CN1CCOC.Cl. The zero-order chi connectivity index (χ0) is 19.2. The molecule has 0 spiro atoms. The number of benzene rings is 1. The minimum Gasteiger partial charge on any atom is -0.383 e. The molecule has 7 heteroatoms. The van der Waals surface area contributed by atoms with Crippen LogP contribution in [-0.4, -0.2) is 55.1 Å². The van der Waals surface area contributed by atoms with Crippen molar-refractivity contribution in [2.75, 3.05) is 40.0 Å². The average molecular weight is 424 g/mol. The van der Waals surface area contributed by atoms with Gasteiger partial charge in [-0.25, -0.2) is 4.98 Å². The number of aromatic nitrogens is 1. The van der Waals surface area contributed by atoms with E-state index >= 15 is 0 Å². The molecule has 1 aliphatic heterocycles. The Morgan fingerprint density at radius 2 is 2.07 bits per heavy atom. The van der Waals surface area contributed by atoms with E-state index in [0.29, 0.717) is 6.61 Å². The summed E-state index contributed by atoms with van der Waals surface area (Å²) >= 11 is 1.68. The molecular weight excluding hydrogens is 394 g/mol. The Balaban J connectivity index is 0.00000280. The van der Waals surface area contributed by atoms with Crippen LogP contribution < -0.4 is 0 Å². The fourth-order valence-corrected chi connectivity index (χ4v) is 4.13. The van der Waals surface area contributed by atoms with Crippen LogP contribution in [0.15, 0.2) is 28.2 Å². The van der Waals surface area contributed by atoms with Gasteiger partial charge in [0, 0.05) is 50.9 Å². The van der Waals surface area contributed by atoms with Crippen molar-refractivity contribution >= 4 is 40.2 Å². The molecule has 0 unspecified atom stereocenters. The van der Waals surface area contributed by atoms with Gasteiger partial charge in [0.25, 0.3) is 0 Å². The number of amidine groups is 1. The quantitative estimate of drug-likeness (QED) is 0.580. The molecule has 0 radical (unpaired) electrons. The normalized spacial score (nSPS) is 15.0. The van der Waals surface area contributed by atoms with Gasteiger partial charge in [0.05, 0.1) is 12.1 Å². The van der Waals surface area contributed by atoms with E-state index in [1.165, 1.54) is 22.1 Å². The predicted molar refractivity (Wildman–Crippen MR) is 120 cm³/mol. The second-order valence-corrected chi connectivity index (χ2v) is 7.72. The monoisotopic (exact) mass is 423 g/mol. The Bertz CT molecular complexity index is 829. The number of fused-ring (bicyclic) bond motifs is 2. The second kappa shape index (κ2) is 11.0. The molecule has 2 aromatic rings. The van der Waals surface area contributed by atoms with Crippen LogP contribution in [0.1, 0.15) is 30.0 Å². The van der Waals surface area contributed by atoms with E-state index in [1.807, 2.05) is 6.92 Å². The number of aryl methyl sites for hydroxylation is 2. The van der Waals surface area contributed by atoms with Gasteiger partial charge in [0.15, 0.2) is 5.17 Å². The maximum atomic E-state index is 5.42. The molecule has 2 heterocycles. The summed E-state index contributed by atoms with van der Waals surface area (Å²) in [5.41, 5.74) is 4.90. The van der Waals surface area contributed by atoms with E-state index in [4.69, 9.17) is 19.5 Å². The smallest absolute Gasteiger partial charge is 0.165 e. The molecule has 28 heavy (non-hydrogen) atoms. The number of nitrogens with zero attached hydrogens (tertiary/aromatic N) is 3. The molecule has 1 aromatic heterocycles. The van der Waals surface area contributed by atoms with Gasteiger partial charge >= 0.3 is 0 Å². The Hall–Kier alpha value is -1.34. The maximum Gasteiger partial charge on any atom is 0.165 e. The Morgan fingerprint density at radius 3 is 2.82 bits per heavy atom. The van der Waals surface area contributed by atoms with Crippen LogP contribution in [0, 0.1) is 13.8 Å². The van der Waals surface area contributed by atoms with Crippen molar-refractivity contribution in [3.05, 3.63) is 34.9 Å². The molecule has 0 atom stereocenters. The number of hydrogen-bond acceptors (Lipinski definition) is 5. The topological polar surface area (TPSA) is 47.0 Å². The molecule has 1 aliphatic rings. The highest BCUT2D eigenvalue weighted by atomic mass is 35.5. The molecule has 5 nitrogen and oxygen atoms in total. The fourth-order valence-electron chi connectivity index (χ4n) is 3.13. The zero-order valence-corrected chi connectivity index (χ0v) is 18.8. The molecule has 0 amide bonds. The third-order valence-electron chi connectivity index (χ3n) is 4.83. The van der Waals surface area contributed by atoms with Gasteiger partial charge < -0.3 is 14.4 Å². The van der Waals surface area contributed by atoms with Gasteiger partial charge in [-0.1, -0.05) is 12.1 Å². The lowest BCUT2D eigenvalue weighted by atomic mass is 10.0. The van der Waals surface area contributed by atoms with Gasteiger partial charge in [0.2, 0.25) is 0 Å². The molecule has 154 valence electrons. The molecule has 0 bridgehead atoms. The standard InChI is InChI=1S/C21H29N3O2S.ClH/c1-5-26-11-6-9-22-21-24(10-12-25-4)14-18-13-17-8-7-15(2)16(3)19(17)23-20(18)27-21;/h7-8,13H,5-6,9-12,14H2,1-4H3;1H. The highest BCUT2D eigenvalue weighted by molar-refractivity contribution is 8.13. The third-order valence-corrected chi connectivity index (χ3v) is 5.95. The van der Waals surface area contributed by atoms with E-state index in [9.17, 15) is 0 Å². The average Bonchev–Trinajstić information content (AvgIpc) is 2.68. The summed E-state index contributed by atoms with van der Waals surface area (Å²) < 4.78 is 10.7. The minimum absolute atomic E-state index is 0. The number of halogens is 1. The number of methoxy groups -OCH3 is 1. The lowest BCUT2D eigenvalue weighted by Crippen LogP contribution is -2.35. The summed E-state index contributed by atoms with van der Waals surface area (Å²) in [6.45, 7) is 10.9. The first kappa shape index (κ1) is 22.9. The number of aliphatic imine (C=N–C) groups is 1. The van der Waals surface area contributed by atoms with Crippen molar-refractivity contribution in [2.24, 2.45) is 4.99 Å². The third kappa shape index (κ3) is 5.38. The molecule has 0 fully saturated rings. The van der Waals surface area contributed by atoms with Crippen molar-refractivity contribution in [1.82, 2.24) is 9.88 Å². The van der Waals surface area contributed by atoms with Gasteiger partial charge in [0.1, 0.15) is 5.03 Å². The minimum atomic E-state index is 0. The molecule has 0 aliphatic carbocycles. The number of rotatable bonds is 8. The van der Waals surface area contributed by atoms with Crippen LogP contribution in [-0.2, 0) is 16.0 Å². The van der Waals surface area contributed by atoms with Crippen molar-refractivity contribution in [1.29, 1.82) is 0 Å². The molecular formula is C21H30ClN3O2S. The van der Waals surface area contributed by atoms with Crippen molar-refractivity contribution in [2.45, 2.75) is 38.8 Å². The first-order valence-electron chi connectivity index (χ1n) is 9.57. The highest BCUT2D eigenvalue weighted by Gasteiger charge is 2.24. The van der Waals surface area contributed by atoms with Crippen molar-refractivity contribution in [3.8, 4) is 0 Å². The lowest BCUT2D eigenvalue weighted by molar-refractivity contribution is 0.146. The largest absolute Gasteiger partial charge is 0.383 e. The number of pyridine rings is 1. The van der Waals surface area contributed by atoms with Crippen LogP contribution in [0.4, 0.5) is 0 Å². The summed E-state index contributed by atoms with van der Waals surface area (Å²) in [4.78, 5) is 12.1. The summed E-state index contributed by atoms with van der Waals surface area (Å²) in [5.74, 6) is 0. The zero-order valence-electron chi connectivity index (χ0n) is 17.2. The first-order valence-corrected chi connectivity index (χ1v) is 10.4. The molecule has 1 aromatic carbocycles. The maximum absolute atomic E-state index is 5.42. The molecule has 0 saturated heterocycles. The van der Waals surface area contributed by atoms with Crippen LogP contribution in [0.2, 0.25) is 0 Å². The summed E-state index contributed by atoms with van der Waals surface area (Å²) in [6, 6.07) is 6.63. The number of thioether (sulfide) groups is 1. The van der Waals surface area contributed by atoms with E-state index in [0.717, 1.165) is 55.0 Å². The van der Waals surface area contributed by atoms with Gasteiger partial charge in [-0.2, -0.15) is 0 Å². The summed E-state index contributed by atoms with van der Waals surface area (Å²) in [7, 11) is 1.74. The second-order valence-electron chi connectivity index (χ2n) is 6.76. The van der Waals surface area contributed by atoms with E-state index in [2.05, 4.69) is 36.9 Å². The Morgan fingerprint density at radius 1 is 1.25 bits per heavy atom. The number of hydrogen-bond donors (Lipinski definition) is 0.